The molecule has 4 heteroatoms. The maximum Gasteiger partial charge on any atom is 0.204 e. The summed E-state index contributed by atoms with van der Waals surface area (Å²) in [5, 5.41) is 0. The third-order valence-electron chi connectivity index (χ3n) is 2.09. The van der Waals surface area contributed by atoms with Gasteiger partial charge in [0.1, 0.15) is 0 Å². The van der Waals surface area contributed by atoms with Gasteiger partial charge >= 0.3 is 0 Å². The topological polar surface area (TPSA) is 37.4 Å². The molecule has 1 fully saturated rings. The smallest absolute Gasteiger partial charge is 0.204 e. The molecule has 60 valence electrons. The van der Waals surface area contributed by atoms with E-state index in [1.165, 1.54) is 0 Å². The Morgan fingerprint density at radius 2 is 1.60 bits per heavy atom. The molecule has 0 spiro atoms. The highest BCUT2D eigenvalue weighted by atomic mass is 32.2. The largest absolute Gasteiger partial charge is 0.215 e. The third kappa shape index (κ3) is 1.32. The maximum absolute atomic E-state index is 10.6. The summed E-state index contributed by atoms with van der Waals surface area (Å²) in [7, 11) is -2.35. The zero-order valence-corrected chi connectivity index (χ0v) is 7.17. The van der Waals surface area contributed by atoms with Crippen molar-refractivity contribution < 1.29 is 8.42 Å². The normalized spacial score (nSPS) is 35.5. The fourth-order valence-electron chi connectivity index (χ4n) is 1.50. The molecule has 0 aromatic carbocycles. The van der Waals surface area contributed by atoms with Gasteiger partial charge in [-0.25, -0.2) is 8.42 Å². The van der Waals surface area contributed by atoms with Crippen molar-refractivity contribution >= 4 is 10.9 Å². The van der Waals surface area contributed by atoms with Crippen LogP contribution in [0.1, 0.15) is 26.7 Å². The standard InChI is InChI=1S/C6H13NO2S/c1-5-3-4-6(2)7(5)10(8)9/h5-6,10H,3-4H2,1-2H3. The van der Waals surface area contributed by atoms with Crippen molar-refractivity contribution in [2.24, 2.45) is 0 Å². The SMILES string of the molecule is CC1CCC(C)N1[SH](=O)=O. The van der Waals surface area contributed by atoms with Gasteiger partial charge in [0.05, 0.1) is 0 Å². The lowest BCUT2D eigenvalue weighted by Crippen LogP contribution is -2.30. The van der Waals surface area contributed by atoms with Crippen LogP contribution in [0.15, 0.2) is 0 Å². The van der Waals surface area contributed by atoms with Crippen LogP contribution in [0, 0.1) is 0 Å². The minimum atomic E-state index is -2.35. The van der Waals surface area contributed by atoms with Gasteiger partial charge in [0.25, 0.3) is 0 Å². The van der Waals surface area contributed by atoms with Gasteiger partial charge in [-0.2, -0.15) is 4.31 Å². The van der Waals surface area contributed by atoms with Gasteiger partial charge < -0.3 is 0 Å². The zero-order chi connectivity index (χ0) is 7.72. The van der Waals surface area contributed by atoms with E-state index in [1.807, 2.05) is 13.8 Å². The molecule has 0 amide bonds. The Morgan fingerprint density at radius 1 is 1.20 bits per heavy atom. The summed E-state index contributed by atoms with van der Waals surface area (Å²) < 4.78 is 22.7. The second-order valence-corrected chi connectivity index (χ2v) is 3.83. The molecule has 1 aliphatic heterocycles. The van der Waals surface area contributed by atoms with Crippen molar-refractivity contribution in [1.29, 1.82) is 0 Å². The van der Waals surface area contributed by atoms with E-state index in [0.29, 0.717) is 0 Å². The molecule has 2 atom stereocenters. The Morgan fingerprint density at radius 3 is 1.80 bits per heavy atom. The van der Waals surface area contributed by atoms with Crippen molar-refractivity contribution in [1.82, 2.24) is 4.31 Å². The number of hydrogen-bond acceptors (Lipinski definition) is 2. The lowest BCUT2D eigenvalue weighted by molar-refractivity contribution is 0.362. The molecule has 10 heavy (non-hydrogen) atoms. The zero-order valence-electron chi connectivity index (χ0n) is 6.28. The van der Waals surface area contributed by atoms with Crippen molar-refractivity contribution in [3.8, 4) is 0 Å². The second kappa shape index (κ2) is 2.88. The van der Waals surface area contributed by atoms with E-state index >= 15 is 0 Å². The van der Waals surface area contributed by atoms with Crippen molar-refractivity contribution in [2.75, 3.05) is 0 Å². The summed E-state index contributed by atoms with van der Waals surface area (Å²) in [6, 6.07) is 0.437. The van der Waals surface area contributed by atoms with Gasteiger partial charge in [-0.1, -0.05) is 0 Å². The van der Waals surface area contributed by atoms with Gasteiger partial charge in [-0.15, -0.1) is 0 Å². The lowest BCUT2D eigenvalue weighted by Gasteiger charge is -2.17. The Hall–Kier alpha value is -0.0900. The average Bonchev–Trinajstić information content (AvgIpc) is 2.11. The van der Waals surface area contributed by atoms with E-state index in [4.69, 9.17) is 0 Å². The van der Waals surface area contributed by atoms with E-state index in [1.54, 1.807) is 4.31 Å². The van der Waals surface area contributed by atoms with Crippen molar-refractivity contribution in [3.63, 3.8) is 0 Å². The summed E-state index contributed by atoms with van der Waals surface area (Å²) >= 11 is 0. The molecular weight excluding hydrogens is 150 g/mol. The molecule has 0 radical (unpaired) electrons. The highest BCUT2D eigenvalue weighted by molar-refractivity contribution is 7.69. The first-order valence-corrected chi connectivity index (χ1v) is 4.68. The number of nitrogens with zero attached hydrogens (tertiary/aromatic N) is 1. The Bertz CT molecular complexity index is 172. The molecule has 0 N–H and O–H groups in total. The first-order chi connectivity index (χ1) is 4.63. The van der Waals surface area contributed by atoms with Crippen LogP contribution in [-0.2, 0) is 10.9 Å². The average molecular weight is 163 g/mol. The minimum Gasteiger partial charge on any atom is -0.215 e. The quantitative estimate of drug-likeness (QED) is 0.568. The fourth-order valence-corrected chi connectivity index (χ4v) is 2.38. The summed E-state index contributed by atoms with van der Waals surface area (Å²) in [5.41, 5.74) is 0. The van der Waals surface area contributed by atoms with Gasteiger partial charge in [0, 0.05) is 12.1 Å². The number of rotatable bonds is 1. The first-order valence-electron chi connectivity index (χ1n) is 3.55. The summed E-state index contributed by atoms with van der Waals surface area (Å²) in [4.78, 5) is 0. The molecule has 0 bridgehead atoms. The molecule has 3 nitrogen and oxygen atoms in total. The predicted molar refractivity (Wildman–Crippen MR) is 40.3 cm³/mol. The number of hydrogen-bond donors (Lipinski definition) is 1. The van der Waals surface area contributed by atoms with Gasteiger partial charge in [-0.05, 0) is 26.7 Å². The van der Waals surface area contributed by atoms with Gasteiger partial charge in [0.15, 0.2) is 0 Å². The molecule has 0 aromatic rings. The monoisotopic (exact) mass is 163 g/mol. The highest BCUT2D eigenvalue weighted by Crippen LogP contribution is 2.22. The molecule has 0 saturated carbocycles. The van der Waals surface area contributed by atoms with Crippen LogP contribution in [0.2, 0.25) is 0 Å². The molecule has 2 unspecified atom stereocenters. The van der Waals surface area contributed by atoms with Crippen LogP contribution < -0.4 is 0 Å². The molecular formula is C6H13NO2S. The summed E-state index contributed by atoms with van der Waals surface area (Å²) in [6.07, 6.45) is 2.01. The van der Waals surface area contributed by atoms with Crippen molar-refractivity contribution in [3.05, 3.63) is 0 Å². The predicted octanol–water partition coefficient (Wildman–Crippen LogP) is 0.386. The Labute approximate surface area is 63.1 Å². The first kappa shape index (κ1) is 8.01. The lowest BCUT2D eigenvalue weighted by atomic mass is 10.2. The maximum atomic E-state index is 10.6. The Kier molecular flexibility index (Phi) is 2.31. The Balaban J connectivity index is 2.72. The van der Waals surface area contributed by atoms with Crippen molar-refractivity contribution in [2.45, 2.75) is 38.8 Å². The summed E-state index contributed by atoms with van der Waals surface area (Å²) in [6.45, 7) is 3.91. The van der Waals surface area contributed by atoms with E-state index in [-0.39, 0.29) is 12.1 Å². The molecule has 1 heterocycles. The second-order valence-electron chi connectivity index (χ2n) is 2.89. The molecule has 1 saturated heterocycles. The van der Waals surface area contributed by atoms with Crippen LogP contribution in [-0.4, -0.2) is 24.8 Å². The molecule has 1 aliphatic rings. The third-order valence-corrected chi connectivity index (χ3v) is 3.26. The van der Waals surface area contributed by atoms with E-state index in [0.717, 1.165) is 12.8 Å². The highest BCUT2D eigenvalue weighted by Gasteiger charge is 2.28. The van der Waals surface area contributed by atoms with Gasteiger partial charge in [-0.3, -0.25) is 0 Å². The van der Waals surface area contributed by atoms with Crippen LogP contribution in [0.25, 0.3) is 0 Å². The van der Waals surface area contributed by atoms with Crippen LogP contribution in [0.3, 0.4) is 0 Å². The minimum absolute atomic E-state index is 0.219. The molecule has 1 rings (SSSR count). The van der Waals surface area contributed by atoms with Gasteiger partial charge in [0.2, 0.25) is 10.9 Å². The van der Waals surface area contributed by atoms with Crippen LogP contribution >= 0.6 is 0 Å². The van der Waals surface area contributed by atoms with E-state index in [2.05, 4.69) is 0 Å². The van der Waals surface area contributed by atoms with E-state index in [9.17, 15) is 8.42 Å². The fraction of sp³-hybridized carbons (Fsp3) is 1.00. The van der Waals surface area contributed by atoms with E-state index < -0.39 is 10.9 Å². The van der Waals surface area contributed by atoms with Crippen LogP contribution in [0.5, 0.6) is 0 Å². The molecule has 0 aliphatic carbocycles. The number of thiol groups is 1. The van der Waals surface area contributed by atoms with Crippen LogP contribution in [0.4, 0.5) is 0 Å². The summed E-state index contributed by atoms with van der Waals surface area (Å²) in [5.74, 6) is 0. The molecule has 0 aromatic heterocycles.